The molecule has 5 amide bonds. The van der Waals surface area contributed by atoms with Gasteiger partial charge in [-0.2, -0.15) is 0 Å². The smallest absolute Gasteiger partial charge is 0.410 e. The van der Waals surface area contributed by atoms with Gasteiger partial charge < -0.3 is 24.6 Å². The van der Waals surface area contributed by atoms with Crippen LogP contribution in [0.4, 0.5) is 10.5 Å². The summed E-state index contributed by atoms with van der Waals surface area (Å²) in [6.45, 7) is 5.49. The van der Waals surface area contributed by atoms with E-state index < -0.39 is 29.6 Å². The normalized spacial score (nSPS) is 16.9. The van der Waals surface area contributed by atoms with Gasteiger partial charge in [0.15, 0.2) is 0 Å². The number of carbonyl (C=O) groups is 5. The molecule has 1 saturated heterocycles. The van der Waals surface area contributed by atoms with Crippen molar-refractivity contribution in [2.24, 2.45) is 5.11 Å². The van der Waals surface area contributed by atoms with Crippen molar-refractivity contribution in [1.82, 2.24) is 15.1 Å². The molecule has 1 unspecified atom stereocenters. The second kappa shape index (κ2) is 12.4. The van der Waals surface area contributed by atoms with E-state index in [9.17, 15) is 24.0 Å². The zero-order chi connectivity index (χ0) is 27.9. The van der Waals surface area contributed by atoms with E-state index in [1.807, 2.05) is 0 Å². The van der Waals surface area contributed by atoms with Gasteiger partial charge in [-0.25, -0.2) is 4.79 Å². The molecule has 2 N–H and O–H groups in total. The molecule has 14 heteroatoms. The van der Waals surface area contributed by atoms with E-state index in [-0.39, 0.29) is 64.0 Å². The molecule has 204 valence electrons. The number of benzene rings is 1. The summed E-state index contributed by atoms with van der Waals surface area (Å²) in [5, 5.41) is 8.39. The summed E-state index contributed by atoms with van der Waals surface area (Å²) in [5.41, 5.74) is 9.32. The number of azide groups is 1. The number of fused-ring (bicyclic) bond motifs is 1. The summed E-state index contributed by atoms with van der Waals surface area (Å²) in [6, 6.07) is 4.12. The maximum atomic E-state index is 12.8. The van der Waals surface area contributed by atoms with Crippen LogP contribution < -0.4 is 10.6 Å². The van der Waals surface area contributed by atoms with Crippen LogP contribution in [0.1, 0.15) is 49.5 Å². The number of rotatable bonds is 10. The summed E-state index contributed by atoms with van der Waals surface area (Å²) in [5.74, 6) is -1.58. The van der Waals surface area contributed by atoms with Gasteiger partial charge in [0, 0.05) is 48.8 Å². The molecule has 0 spiro atoms. The fraction of sp³-hybridized carbons (Fsp3) is 0.542. The van der Waals surface area contributed by atoms with Crippen molar-refractivity contribution < 1.29 is 33.4 Å². The number of amides is 5. The van der Waals surface area contributed by atoms with Gasteiger partial charge in [-0.15, -0.1) is 0 Å². The lowest BCUT2D eigenvalue weighted by atomic mass is 10.0. The zero-order valence-corrected chi connectivity index (χ0v) is 21.6. The Kier molecular flexibility index (Phi) is 9.26. The third-order valence-corrected chi connectivity index (χ3v) is 5.73. The maximum absolute atomic E-state index is 12.8. The van der Waals surface area contributed by atoms with Crippen LogP contribution in [-0.4, -0.2) is 84.0 Å². The Morgan fingerprint density at radius 1 is 1.26 bits per heavy atom. The van der Waals surface area contributed by atoms with Crippen LogP contribution in [0.2, 0.25) is 0 Å². The number of nitrogens with zero attached hydrogens (tertiary/aromatic N) is 5. The Labute approximate surface area is 219 Å². The highest BCUT2D eigenvalue weighted by Crippen LogP contribution is 2.29. The number of piperidine rings is 1. The van der Waals surface area contributed by atoms with Crippen molar-refractivity contribution in [3.63, 3.8) is 0 Å². The Hall–Kier alpha value is -4.16. The Balaban J connectivity index is 1.49. The molecule has 1 aromatic rings. The van der Waals surface area contributed by atoms with Gasteiger partial charge in [0.1, 0.15) is 18.2 Å². The van der Waals surface area contributed by atoms with Gasteiger partial charge in [0.2, 0.25) is 17.7 Å². The van der Waals surface area contributed by atoms with Gasteiger partial charge in [-0.1, -0.05) is 5.11 Å². The van der Waals surface area contributed by atoms with E-state index in [0.29, 0.717) is 16.8 Å². The molecule has 0 aromatic heterocycles. The highest BCUT2D eigenvalue weighted by atomic mass is 16.6. The van der Waals surface area contributed by atoms with Crippen molar-refractivity contribution in [2.45, 2.75) is 51.8 Å². The molecular formula is C24H31N7O7. The van der Waals surface area contributed by atoms with Crippen molar-refractivity contribution in [1.29, 1.82) is 0 Å². The zero-order valence-electron chi connectivity index (χ0n) is 21.6. The first-order chi connectivity index (χ1) is 18.0. The summed E-state index contributed by atoms with van der Waals surface area (Å²) < 4.78 is 10.8. The summed E-state index contributed by atoms with van der Waals surface area (Å²) in [6.07, 6.45) is -0.152. The molecule has 2 aliphatic heterocycles. The van der Waals surface area contributed by atoms with Gasteiger partial charge >= 0.3 is 6.09 Å². The van der Waals surface area contributed by atoms with Crippen LogP contribution in [0.3, 0.4) is 0 Å². The molecule has 0 saturated carbocycles. The Morgan fingerprint density at radius 3 is 2.71 bits per heavy atom. The fourth-order valence-corrected chi connectivity index (χ4v) is 4.02. The molecular weight excluding hydrogens is 498 g/mol. The minimum Gasteiger partial charge on any atom is -0.444 e. The first kappa shape index (κ1) is 28.4. The lowest BCUT2D eigenvalue weighted by Crippen LogP contribution is -2.52. The summed E-state index contributed by atoms with van der Waals surface area (Å²) >= 11 is 0. The number of anilines is 1. The van der Waals surface area contributed by atoms with Crippen LogP contribution in [0.25, 0.3) is 10.4 Å². The lowest BCUT2D eigenvalue weighted by molar-refractivity contribution is -0.137. The lowest BCUT2D eigenvalue weighted by Gasteiger charge is -2.29. The second-order valence-electron chi connectivity index (χ2n) is 9.79. The molecule has 2 heterocycles. The molecule has 1 aromatic carbocycles. The number of nitrogens with one attached hydrogen (secondary N) is 2. The van der Waals surface area contributed by atoms with Crippen molar-refractivity contribution in [2.75, 3.05) is 38.2 Å². The van der Waals surface area contributed by atoms with E-state index in [1.54, 1.807) is 39.0 Å². The average molecular weight is 530 g/mol. The highest BCUT2D eigenvalue weighted by Gasteiger charge is 2.39. The number of carbonyl (C=O) groups excluding carboxylic acids is 5. The summed E-state index contributed by atoms with van der Waals surface area (Å²) in [7, 11) is 0. The minimum absolute atomic E-state index is 0.0442. The first-order valence-electron chi connectivity index (χ1n) is 12.1. The number of hydrogen-bond acceptors (Lipinski definition) is 8. The topological polar surface area (TPSA) is 183 Å². The minimum atomic E-state index is -0.717. The van der Waals surface area contributed by atoms with E-state index >= 15 is 0 Å². The Morgan fingerprint density at radius 2 is 2.03 bits per heavy atom. The molecule has 38 heavy (non-hydrogen) atoms. The molecule has 0 radical (unpaired) electrons. The third-order valence-electron chi connectivity index (χ3n) is 5.73. The molecule has 0 bridgehead atoms. The van der Waals surface area contributed by atoms with Crippen LogP contribution in [0.15, 0.2) is 23.3 Å². The van der Waals surface area contributed by atoms with Gasteiger partial charge in [-0.3, -0.25) is 24.5 Å². The largest absolute Gasteiger partial charge is 0.444 e. The summed E-state index contributed by atoms with van der Waals surface area (Å²) in [4.78, 5) is 66.6. The van der Waals surface area contributed by atoms with E-state index in [4.69, 9.17) is 15.0 Å². The predicted molar refractivity (Wildman–Crippen MR) is 134 cm³/mol. The van der Waals surface area contributed by atoms with E-state index in [1.165, 1.54) is 9.80 Å². The second-order valence-corrected chi connectivity index (χ2v) is 9.79. The third kappa shape index (κ3) is 7.67. The maximum Gasteiger partial charge on any atom is 0.410 e. The fourth-order valence-electron chi connectivity index (χ4n) is 4.02. The number of hydrogen-bond donors (Lipinski definition) is 2. The number of ether oxygens (including phenoxy) is 2. The average Bonchev–Trinajstić information content (AvgIpc) is 3.15. The van der Waals surface area contributed by atoms with Crippen LogP contribution in [0.5, 0.6) is 0 Å². The molecule has 3 rings (SSSR count). The Bertz CT molecular complexity index is 1160. The van der Waals surface area contributed by atoms with Crippen LogP contribution in [0, 0.1) is 0 Å². The van der Waals surface area contributed by atoms with Crippen molar-refractivity contribution in [3.8, 4) is 0 Å². The van der Waals surface area contributed by atoms with Crippen LogP contribution in [-0.2, 0) is 30.4 Å². The highest BCUT2D eigenvalue weighted by molar-refractivity contribution is 6.05. The van der Waals surface area contributed by atoms with Gasteiger partial charge in [0.25, 0.3) is 5.91 Å². The SMILES string of the molecule is CC(C)(C)OC(=O)N(CCN=[N+]=[N-])CCOCC(=O)Nc1ccc2c(c1)CN(C1CCC(=O)NC1=O)C2=O. The van der Waals surface area contributed by atoms with E-state index in [0.717, 1.165) is 0 Å². The standard InChI is InChI=1S/C24H31N7O7/c1-24(2,3)38-23(36)30(9-8-26-29-25)10-11-37-14-20(33)27-16-4-5-17-15(12-16)13-31(22(17)35)18-6-7-19(32)28-21(18)34/h4-5,12,18H,6-11,13-14H2,1-3H3,(H,27,33)(H,28,32,34). The van der Waals surface area contributed by atoms with Crippen molar-refractivity contribution >= 4 is 35.4 Å². The molecule has 1 fully saturated rings. The first-order valence-corrected chi connectivity index (χ1v) is 12.1. The molecule has 0 aliphatic carbocycles. The monoisotopic (exact) mass is 529 g/mol. The molecule has 2 aliphatic rings. The van der Waals surface area contributed by atoms with Crippen molar-refractivity contribution in [3.05, 3.63) is 39.8 Å². The van der Waals surface area contributed by atoms with Crippen LogP contribution >= 0.6 is 0 Å². The molecule has 1 atom stereocenters. The van der Waals surface area contributed by atoms with Gasteiger partial charge in [0.05, 0.1) is 6.61 Å². The van der Waals surface area contributed by atoms with Gasteiger partial charge in [-0.05, 0) is 56.5 Å². The predicted octanol–water partition coefficient (Wildman–Crippen LogP) is 1.95. The quantitative estimate of drug-likeness (QED) is 0.152. The molecule has 14 nitrogen and oxygen atoms in total. The number of imide groups is 1. The van der Waals surface area contributed by atoms with E-state index in [2.05, 4.69) is 20.7 Å².